The molecule has 2 aromatic heterocycles. The number of aliphatic hydroxyl groups excluding tert-OH is 1. The van der Waals surface area contributed by atoms with E-state index < -0.39 is 0 Å². The van der Waals surface area contributed by atoms with Crippen LogP contribution in [-0.2, 0) is 11.3 Å². The van der Waals surface area contributed by atoms with Gasteiger partial charge in [-0.3, -0.25) is 4.57 Å². The number of benzene rings is 1. The fourth-order valence-corrected chi connectivity index (χ4v) is 3.45. The zero-order chi connectivity index (χ0) is 17.9. The zero-order valence-electron chi connectivity index (χ0n) is 14.8. The number of aliphatic hydroxyl groups is 1. The maximum absolute atomic E-state index is 9.30. The van der Waals surface area contributed by atoms with Crippen molar-refractivity contribution in [3.63, 3.8) is 0 Å². The van der Waals surface area contributed by atoms with Crippen LogP contribution < -0.4 is 4.90 Å². The Morgan fingerprint density at radius 3 is 2.77 bits per heavy atom. The molecule has 3 aromatic rings. The maximum Gasteiger partial charge on any atom is 0.167 e. The lowest BCUT2D eigenvalue weighted by atomic mass is 10.2. The van der Waals surface area contributed by atoms with Crippen molar-refractivity contribution in [3.8, 4) is 0 Å². The largest absolute Gasteiger partial charge is 0.394 e. The van der Waals surface area contributed by atoms with Crippen LogP contribution in [0.4, 0.5) is 5.82 Å². The number of imidazole rings is 1. The van der Waals surface area contributed by atoms with Gasteiger partial charge in [-0.25, -0.2) is 15.0 Å². The SMILES string of the molecule is CCN(Cc1ccccc1)c1ncnc2c1ncn2[C@H]1CC[C@@H](CO)O1. The fourth-order valence-electron chi connectivity index (χ4n) is 3.45. The van der Waals surface area contributed by atoms with Crippen LogP contribution in [0.25, 0.3) is 11.2 Å². The van der Waals surface area contributed by atoms with Crippen molar-refractivity contribution in [1.29, 1.82) is 0 Å². The number of nitrogens with zero attached hydrogens (tertiary/aromatic N) is 5. The van der Waals surface area contributed by atoms with Crippen molar-refractivity contribution in [1.82, 2.24) is 19.5 Å². The third kappa shape index (κ3) is 3.15. The Balaban J connectivity index is 1.65. The molecule has 0 bridgehead atoms. The second-order valence-corrected chi connectivity index (χ2v) is 6.49. The van der Waals surface area contributed by atoms with Gasteiger partial charge < -0.3 is 14.7 Å². The molecular formula is C19H23N5O2. The second kappa shape index (κ2) is 7.39. The fraction of sp³-hybridized carbons (Fsp3) is 0.421. The Bertz CT molecular complexity index is 867. The van der Waals surface area contributed by atoms with E-state index in [4.69, 9.17) is 4.74 Å². The highest BCUT2D eigenvalue weighted by Crippen LogP contribution is 2.32. The van der Waals surface area contributed by atoms with Gasteiger partial charge >= 0.3 is 0 Å². The van der Waals surface area contributed by atoms with E-state index in [0.717, 1.165) is 42.9 Å². The van der Waals surface area contributed by atoms with Crippen molar-refractivity contribution < 1.29 is 9.84 Å². The molecule has 0 unspecified atom stereocenters. The predicted molar refractivity (Wildman–Crippen MR) is 98.7 cm³/mol. The average molecular weight is 353 g/mol. The van der Waals surface area contributed by atoms with Crippen LogP contribution in [0, 0.1) is 0 Å². The normalized spacial score (nSPS) is 19.9. The van der Waals surface area contributed by atoms with Crippen molar-refractivity contribution in [2.45, 2.75) is 38.6 Å². The van der Waals surface area contributed by atoms with Crippen LogP contribution in [0.5, 0.6) is 0 Å². The van der Waals surface area contributed by atoms with E-state index in [1.807, 2.05) is 22.8 Å². The van der Waals surface area contributed by atoms with E-state index in [1.54, 1.807) is 12.7 Å². The molecule has 7 heteroatoms. The Labute approximate surface area is 152 Å². The average Bonchev–Trinajstić information content (AvgIpc) is 3.33. The molecule has 3 heterocycles. The summed E-state index contributed by atoms with van der Waals surface area (Å²) in [4.78, 5) is 15.7. The highest BCUT2D eigenvalue weighted by atomic mass is 16.5. The number of aromatic nitrogens is 4. The summed E-state index contributed by atoms with van der Waals surface area (Å²) in [6.45, 7) is 3.74. The molecule has 136 valence electrons. The Hall–Kier alpha value is -2.51. The minimum Gasteiger partial charge on any atom is -0.394 e. The van der Waals surface area contributed by atoms with Crippen LogP contribution in [0.1, 0.15) is 31.6 Å². The van der Waals surface area contributed by atoms with E-state index >= 15 is 0 Å². The van der Waals surface area contributed by atoms with Gasteiger partial charge in [0.2, 0.25) is 0 Å². The molecule has 1 fully saturated rings. The molecule has 1 aliphatic heterocycles. The first-order valence-electron chi connectivity index (χ1n) is 9.03. The highest BCUT2D eigenvalue weighted by molar-refractivity contribution is 5.83. The lowest BCUT2D eigenvalue weighted by molar-refractivity contribution is -0.0207. The topological polar surface area (TPSA) is 76.3 Å². The first kappa shape index (κ1) is 16.9. The monoisotopic (exact) mass is 353 g/mol. The summed E-state index contributed by atoms with van der Waals surface area (Å²) in [5.74, 6) is 0.830. The molecule has 0 aliphatic carbocycles. The molecule has 0 amide bonds. The Morgan fingerprint density at radius 2 is 2.04 bits per heavy atom. The molecule has 1 N–H and O–H groups in total. The molecule has 7 nitrogen and oxygen atoms in total. The first-order chi connectivity index (χ1) is 12.8. The van der Waals surface area contributed by atoms with E-state index in [0.29, 0.717) is 0 Å². The van der Waals surface area contributed by atoms with Crippen LogP contribution in [0.2, 0.25) is 0 Å². The van der Waals surface area contributed by atoms with Crippen LogP contribution in [0.3, 0.4) is 0 Å². The summed E-state index contributed by atoms with van der Waals surface area (Å²) in [7, 11) is 0. The minimum atomic E-state index is -0.135. The molecule has 0 radical (unpaired) electrons. The lowest BCUT2D eigenvalue weighted by Gasteiger charge is -2.22. The van der Waals surface area contributed by atoms with E-state index in [9.17, 15) is 5.11 Å². The molecular weight excluding hydrogens is 330 g/mol. The number of ether oxygens (including phenoxy) is 1. The van der Waals surface area contributed by atoms with Gasteiger partial charge in [0, 0.05) is 13.1 Å². The van der Waals surface area contributed by atoms with Gasteiger partial charge in [-0.05, 0) is 25.3 Å². The van der Waals surface area contributed by atoms with Crippen molar-refractivity contribution >= 4 is 17.0 Å². The minimum absolute atomic E-state index is 0.0457. The molecule has 26 heavy (non-hydrogen) atoms. The van der Waals surface area contributed by atoms with Crippen molar-refractivity contribution in [3.05, 3.63) is 48.5 Å². The van der Waals surface area contributed by atoms with Crippen LogP contribution in [-0.4, -0.2) is 43.9 Å². The summed E-state index contributed by atoms with van der Waals surface area (Å²) in [5.41, 5.74) is 2.77. The van der Waals surface area contributed by atoms with Gasteiger partial charge in [0.15, 0.2) is 17.0 Å². The highest BCUT2D eigenvalue weighted by Gasteiger charge is 2.28. The molecule has 1 aliphatic rings. The van der Waals surface area contributed by atoms with Gasteiger partial charge in [0.1, 0.15) is 12.6 Å². The molecule has 4 rings (SSSR count). The van der Waals surface area contributed by atoms with Crippen molar-refractivity contribution in [2.75, 3.05) is 18.1 Å². The van der Waals surface area contributed by atoms with Gasteiger partial charge in [-0.1, -0.05) is 30.3 Å². The van der Waals surface area contributed by atoms with E-state index in [-0.39, 0.29) is 18.9 Å². The molecule has 2 atom stereocenters. The van der Waals surface area contributed by atoms with Crippen LogP contribution in [0.15, 0.2) is 43.0 Å². The quantitative estimate of drug-likeness (QED) is 0.734. The zero-order valence-corrected chi connectivity index (χ0v) is 14.8. The molecule has 0 spiro atoms. The van der Waals surface area contributed by atoms with Crippen LogP contribution >= 0.6 is 0 Å². The number of hydrogen-bond acceptors (Lipinski definition) is 6. The second-order valence-electron chi connectivity index (χ2n) is 6.49. The molecule has 0 saturated carbocycles. The summed E-state index contributed by atoms with van der Waals surface area (Å²) < 4.78 is 7.84. The summed E-state index contributed by atoms with van der Waals surface area (Å²) in [6.07, 6.45) is 4.80. The first-order valence-corrected chi connectivity index (χ1v) is 9.03. The van der Waals surface area contributed by atoms with Gasteiger partial charge in [0.05, 0.1) is 19.0 Å². The van der Waals surface area contributed by atoms with Gasteiger partial charge in [0.25, 0.3) is 0 Å². The number of anilines is 1. The third-order valence-electron chi connectivity index (χ3n) is 4.84. The maximum atomic E-state index is 9.30. The van der Waals surface area contributed by atoms with Gasteiger partial charge in [-0.15, -0.1) is 0 Å². The smallest absolute Gasteiger partial charge is 0.167 e. The molecule has 1 aromatic carbocycles. The number of fused-ring (bicyclic) bond motifs is 1. The van der Waals surface area contributed by atoms with E-state index in [1.165, 1.54) is 5.56 Å². The number of hydrogen-bond donors (Lipinski definition) is 1. The summed E-state index contributed by atoms with van der Waals surface area (Å²) >= 11 is 0. The third-order valence-corrected chi connectivity index (χ3v) is 4.84. The standard InChI is InChI=1S/C19H23N5O2/c1-2-23(10-14-6-4-3-5-7-14)18-17-19(21-12-20-18)24(13-22-17)16-9-8-15(11-25)26-16/h3-7,12-13,15-16,25H,2,8-11H2,1H3/t15-,16+/m0/s1. The van der Waals surface area contributed by atoms with E-state index in [2.05, 4.69) is 38.9 Å². The Morgan fingerprint density at radius 1 is 1.19 bits per heavy atom. The summed E-state index contributed by atoms with van der Waals surface area (Å²) in [6, 6.07) is 10.3. The number of rotatable bonds is 6. The molecule has 1 saturated heterocycles. The van der Waals surface area contributed by atoms with Gasteiger partial charge in [-0.2, -0.15) is 0 Å². The van der Waals surface area contributed by atoms with Crippen molar-refractivity contribution in [2.24, 2.45) is 0 Å². The Kier molecular flexibility index (Phi) is 4.81. The lowest BCUT2D eigenvalue weighted by Crippen LogP contribution is -2.23. The predicted octanol–water partition coefficient (Wildman–Crippen LogP) is 2.52. The summed E-state index contributed by atoms with van der Waals surface area (Å²) in [5, 5.41) is 9.30.